The third-order valence-electron chi connectivity index (χ3n) is 2.46. The first-order valence-electron chi connectivity index (χ1n) is 5.37. The zero-order chi connectivity index (χ0) is 12.0. The highest BCUT2D eigenvalue weighted by Crippen LogP contribution is 2.18. The summed E-state index contributed by atoms with van der Waals surface area (Å²) in [5.74, 6) is 0.400. The number of rotatable bonds is 6. The van der Waals surface area contributed by atoms with Crippen LogP contribution in [0.3, 0.4) is 0 Å². The summed E-state index contributed by atoms with van der Waals surface area (Å²) >= 11 is 11.5. The Morgan fingerprint density at radius 1 is 1.44 bits per heavy atom. The second-order valence-corrected chi connectivity index (χ2v) is 4.60. The minimum Gasteiger partial charge on any atom is -0.310 e. The van der Waals surface area contributed by atoms with Crippen LogP contribution in [-0.2, 0) is 6.54 Å². The first-order valence-corrected chi connectivity index (χ1v) is 6.28. The van der Waals surface area contributed by atoms with E-state index in [2.05, 4.69) is 12.2 Å². The van der Waals surface area contributed by atoms with Crippen molar-refractivity contribution in [3.05, 3.63) is 34.6 Å². The lowest BCUT2D eigenvalue weighted by atomic mass is 10.1. The van der Waals surface area contributed by atoms with Gasteiger partial charge in [0.1, 0.15) is 5.82 Å². The van der Waals surface area contributed by atoms with Crippen LogP contribution in [-0.4, -0.2) is 11.9 Å². The molecule has 0 bridgehead atoms. The van der Waals surface area contributed by atoms with Gasteiger partial charge in [0.05, 0.1) is 0 Å². The van der Waals surface area contributed by atoms with Gasteiger partial charge in [0.2, 0.25) is 0 Å². The van der Waals surface area contributed by atoms with E-state index in [0.29, 0.717) is 29.1 Å². The molecule has 1 N–H and O–H groups in total. The van der Waals surface area contributed by atoms with E-state index in [1.54, 1.807) is 12.1 Å². The van der Waals surface area contributed by atoms with Crippen LogP contribution in [0.1, 0.15) is 25.3 Å². The van der Waals surface area contributed by atoms with Crippen LogP contribution in [0.5, 0.6) is 0 Å². The van der Waals surface area contributed by atoms with Crippen LogP contribution >= 0.6 is 23.2 Å². The summed E-state index contributed by atoms with van der Waals surface area (Å²) in [4.78, 5) is 0. The fourth-order valence-corrected chi connectivity index (χ4v) is 1.85. The first kappa shape index (κ1) is 13.8. The van der Waals surface area contributed by atoms with Crippen molar-refractivity contribution in [3.8, 4) is 0 Å². The molecular formula is C12H16Cl2FN. The minimum absolute atomic E-state index is 0.260. The van der Waals surface area contributed by atoms with Gasteiger partial charge in [-0.05, 0) is 31.9 Å². The highest BCUT2D eigenvalue weighted by molar-refractivity contribution is 6.31. The third-order valence-corrected chi connectivity index (χ3v) is 3.08. The molecule has 0 aromatic heterocycles. The topological polar surface area (TPSA) is 12.0 Å². The monoisotopic (exact) mass is 263 g/mol. The summed E-state index contributed by atoms with van der Waals surface area (Å²) in [6, 6.07) is 5.05. The van der Waals surface area contributed by atoms with E-state index in [4.69, 9.17) is 23.2 Å². The second kappa shape index (κ2) is 7.10. The third kappa shape index (κ3) is 4.28. The molecule has 0 amide bonds. The van der Waals surface area contributed by atoms with Crippen LogP contribution in [0.2, 0.25) is 5.02 Å². The van der Waals surface area contributed by atoms with Crippen molar-refractivity contribution in [1.82, 2.24) is 5.32 Å². The fourth-order valence-electron chi connectivity index (χ4n) is 1.46. The molecule has 0 spiro atoms. The Hall–Kier alpha value is -0.310. The Bertz CT molecular complexity index is 311. The number of hydrogen-bond donors (Lipinski definition) is 1. The Morgan fingerprint density at radius 3 is 2.81 bits per heavy atom. The van der Waals surface area contributed by atoms with Crippen molar-refractivity contribution in [2.45, 2.75) is 32.4 Å². The largest absolute Gasteiger partial charge is 0.310 e. The molecule has 0 saturated carbocycles. The van der Waals surface area contributed by atoms with Crippen LogP contribution in [0, 0.1) is 5.82 Å². The number of nitrogens with one attached hydrogen (secondary N) is 1. The highest BCUT2D eigenvalue weighted by Gasteiger charge is 2.08. The van der Waals surface area contributed by atoms with Crippen molar-refractivity contribution in [1.29, 1.82) is 0 Å². The average molecular weight is 264 g/mol. The molecule has 0 aliphatic rings. The van der Waals surface area contributed by atoms with Crippen molar-refractivity contribution in [3.63, 3.8) is 0 Å². The molecule has 1 unspecified atom stereocenters. The van der Waals surface area contributed by atoms with Crippen molar-refractivity contribution < 1.29 is 4.39 Å². The second-order valence-electron chi connectivity index (χ2n) is 3.81. The molecule has 0 radical (unpaired) electrons. The van der Waals surface area contributed by atoms with E-state index in [0.717, 1.165) is 12.8 Å². The van der Waals surface area contributed by atoms with E-state index in [1.165, 1.54) is 6.07 Å². The molecule has 1 aromatic rings. The molecule has 0 aliphatic carbocycles. The normalized spacial score (nSPS) is 12.8. The Balaban J connectivity index is 2.48. The quantitative estimate of drug-likeness (QED) is 0.766. The summed E-state index contributed by atoms with van der Waals surface area (Å²) in [5, 5.41) is 3.70. The summed E-state index contributed by atoms with van der Waals surface area (Å²) in [6.07, 6.45) is 1.94. The van der Waals surface area contributed by atoms with E-state index >= 15 is 0 Å². The molecule has 1 nitrogen and oxygen atoms in total. The van der Waals surface area contributed by atoms with E-state index in [1.807, 2.05) is 0 Å². The molecule has 90 valence electrons. The van der Waals surface area contributed by atoms with Gasteiger partial charge in [0.25, 0.3) is 0 Å². The molecule has 1 rings (SSSR count). The molecular weight excluding hydrogens is 248 g/mol. The Morgan fingerprint density at radius 2 is 2.19 bits per heavy atom. The van der Waals surface area contributed by atoms with Crippen molar-refractivity contribution in [2.24, 2.45) is 0 Å². The van der Waals surface area contributed by atoms with E-state index < -0.39 is 0 Å². The molecule has 0 aliphatic heterocycles. The molecule has 0 saturated heterocycles. The highest BCUT2D eigenvalue weighted by atomic mass is 35.5. The van der Waals surface area contributed by atoms with Gasteiger partial charge in [-0.25, -0.2) is 4.39 Å². The van der Waals surface area contributed by atoms with Gasteiger partial charge in [0, 0.05) is 29.1 Å². The van der Waals surface area contributed by atoms with Gasteiger partial charge in [-0.1, -0.05) is 17.7 Å². The number of alkyl halides is 1. The molecule has 1 atom stereocenters. The molecule has 0 heterocycles. The van der Waals surface area contributed by atoms with Gasteiger partial charge in [0.15, 0.2) is 0 Å². The van der Waals surface area contributed by atoms with E-state index in [9.17, 15) is 4.39 Å². The van der Waals surface area contributed by atoms with Gasteiger partial charge < -0.3 is 5.32 Å². The van der Waals surface area contributed by atoms with Crippen LogP contribution in [0.25, 0.3) is 0 Å². The van der Waals surface area contributed by atoms with Crippen molar-refractivity contribution in [2.75, 3.05) is 5.88 Å². The minimum atomic E-state index is -0.260. The standard InChI is InChI=1S/C12H16Cl2FN/c1-9(4-3-7-13)16-8-10-11(14)5-2-6-12(10)15/h2,5-6,9,16H,3-4,7-8H2,1H3. The number of hydrogen-bond acceptors (Lipinski definition) is 1. The lowest BCUT2D eigenvalue weighted by Crippen LogP contribution is -2.26. The van der Waals surface area contributed by atoms with Crippen molar-refractivity contribution >= 4 is 23.2 Å². The molecule has 16 heavy (non-hydrogen) atoms. The SMILES string of the molecule is CC(CCCCl)NCc1c(F)cccc1Cl. The van der Waals surface area contributed by atoms with E-state index in [-0.39, 0.29) is 5.82 Å². The number of benzene rings is 1. The molecule has 4 heteroatoms. The summed E-state index contributed by atoms with van der Waals surface area (Å²) in [6.45, 7) is 2.51. The summed E-state index contributed by atoms with van der Waals surface area (Å²) in [5.41, 5.74) is 0.530. The average Bonchev–Trinajstić information content (AvgIpc) is 2.25. The van der Waals surface area contributed by atoms with Crippen LogP contribution < -0.4 is 5.32 Å². The summed E-state index contributed by atoms with van der Waals surface area (Å²) in [7, 11) is 0. The maximum Gasteiger partial charge on any atom is 0.129 e. The van der Waals surface area contributed by atoms with Crippen LogP contribution in [0.4, 0.5) is 4.39 Å². The van der Waals surface area contributed by atoms with Crippen LogP contribution in [0.15, 0.2) is 18.2 Å². The molecule has 1 aromatic carbocycles. The maximum absolute atomic E-state index is 13.4. The first-order chi connectivity index (χ1) is 7.65. The lowest BCUT2D eigenvalue weighted by molar-refractivity contribution is 0.497. The Kier molecular flexibility index (Phi) is 6.10. The summed E-state index contributed by atoms with van der Waals surface area (Å²) < 4.78 is 13.4. The van der Waals surface area contributed by atoms with Gasteiger partial charge in [-0.2, -0.15) is 0 Å². The number of halogens is 3. The zero-order valence-corrected chi connectivity index (χ0v) is 10.8. The Labute approximate surface area is 106 Å². The maximum atomic E-state index is 13.4. The van der Waals surface area contributed by atoms with Gasteiger partial charge in [-0.15, -0.1) is 11.6 Å². The predicted octanol–water partition coefficient (Wildman–Crippen LogP) is 3.98. The smallest absolute Gasteiger partial charge is 0.129 e. The predicted molar refractivity (Wildman–Crippen MR) is 67.7 cm³/mol. The fraction of sp³-hybridized carbons (Fsp3) is 0.500. The van der Waals surface area contributed by atoms with Gasteiger partial charge >= 0.3 is 0 Å². The van der Waals surface area contributed by atoms with Gasteiger partial charge in [-0.3, -0.25) is 0 Å². The lowest BCUT2D eigenvalue weighted by Gasteiger charge is -2.14. The molecule has 0 fully saturated rings. The zero-order valence-electron chi connectivity index (χ0n) is 9.27.